The van der Waals surface area contributed by atoms with Gasteiger partial charge < -0.3 is 14.1 Å². The summed E-state index contributed by atoms with van der Waals surface area (Å²) >= 11 is 0. The lowest BCUT2D eigenvalue weighted by molar-refractivity contribution is -0.120. The number of benzene rings is 1. The molecule has 0 saturated carbocycles. The standard InChI is InChI=1S/C19H24N2O3/c1-14(18-7-5-11-24-18)20(2)13-19(22)21-10-4-6-15-12-16(23-3)8-9-17(15)21/h5,7-9,11-12,14H,4,6,10,13H2,1-3H3. The highest BCUT2D eigenvalue weighted by molar-refractivity contribution is 5.96. The van der Waals surface area contributed by atoms with Crippen LogP contribution in [0.3, 0.4) is 0 Å². The summed E-state index contributed by atoms with van der Waals surface area (Å²) < 4.78 is 10.7. The summed E-state index contributed by atoms with van der Waals surface area (Å²) in [6, 6.07) is 9.80. The van der Waals surface area contributed by atoms with Gasteiger partial charge in [-0.1, -0.05) is 0 Å². The van der Waals surface area contributed by atoms with Crippen LogP contribution >= 0.6 is 0 Å². The minimum Gasteiger partial charge on any atom is -0.497 e. The quantitative estimate of drug-likeness (QED) is 0.845. The summed E-state index contributed by atoms with van der Waals surface area (Å²) in [6.07, 6.45) is 3.62. The Bertz CT molecular complexity index is 697. The minimum absolute atomic E-state index is 0.0593. The van der Waals surface area contributed by atoms with Gasteiger partial charge in [-0.05, 0) is 62.7 Å². The van der Waals surface area contributed by atoms with Crippen molar-refractivity contribution in [2.75, 3.05) is 32.1 Å². The van der Waals surface area contributed by atoms with E-state index >= 15 is 0 Å². The SMILES string of the molecule is COc1ccc2c(c1)CCCN2C(=O)CN(C)C(C)c1ccco1. The third-order valence-corrected chi connectivity index (χ3v) is 4.71. The maximum atomic E-state index is 12.8. The highest BCUT2D eigenvalue weighted by Gasteiger charge is 2.25. The molecule has 1 aliphatic rings. The first-order valence-electron chi connectivity index (χ1n) is 8.31. The number of amides is 1. The van der Waals surface area contributed by atoms with Crippen molar-refractivity contribution < 1.29 is 13.9 Å². The Kier molecular flexibility index (Phi) is 4.90. The van der Waals surface area contributed by atoms with E-state index in [1.54, 1.807) is 13.4 Å². The molecule has 1 aromatic carbocycles. The Labute approximate surface area is 142 Å². The Hall–Kier alpha value is -2.27. The van der Waals surface area contributed by atoms with Crippen LogP contribution in [0.15, 0.2) is 41.0 Å². The van der Waals surface area contributed by atoms with Gasteiger partial charge in [0.05, 0.1) is 26.0 Å². The number of ether oxygens (including phenoxy) is 1. The molecule has 1 aliphatic heterocycles. The predicted molar refractivity (Wildman–Crippen MR) is 93.4 cm³/mol. The van der Waals surface area contributed by atoms with E-state index in [1.165, 1.54) is 5.56 Å². The second-order valence-corrected chi connectivity index (χ2v) is 6.25. The Morgan fingerprint density at radius 3 is 2.96 bits per heavy atom. The number of hydrogen-bond acceptors (Lipinski definition) is 4. The van der Waals surface area contributed by atoms with Crippen LogP contribution in [0.25, 0.3) is 0 Å². The number of carbonyl (C=O) groups is 1. The first-order chi connectivity index (χ1) is 11.6. The number of anilines is 1. The molecule has 0 radical (unpaired) electrons. The van der Waals surface area contributed by atoms with Gasteiger partial charge in [0.15, 0.2) is 0 Å². The monoisotopic (exact) mass is 328 g/mol. The molecule has 128 valence electrons. The van der Waals surface area contributed by atoms with E-state index in [2.05, 4.69) is 0 Å². The molecule has 5 heteroatoms. The molecule has 0 aliphatic carbocycles. The van der Waals surface area contributed by atoms with Crippen LogP contribution in [0.1, 0.15) is 30.7 Å². The zero-order chi connectivity index (χ0) is 17.1. The fourth-order valence-corrected chi connectivity index (χ4v) is 3.14. The summed E-state index contributed by atoms with van der Waals surface area (Å²) in [7, 11) is 3.61. The van der Waals surface area contributed by atoms with Gasteiger partial charge in [0.2, 0.25) is 5.91 Å². The predicted octanol–water partition coefficient (Wildman–Crippen LogP) is 3.26. The van der Waals surface area contributed by atoms with Crippen molar-refractivity contribution in [1.82, 2.24) is 4.90 Å². The third kappa shape index (κ3) is 3.31. The smallest absolute Gasteiger partial charge is 0.241 e. The first-order valence-corrected chi connectivity index (χ1v) is 8.31. The number of rotatable bonds is 5. The first kappa shape index (κ1) is 16.6. The van der Waals surface area contributed by atoms with Gasteiger partial charge in [-0.3, -0.25) is 9.69 Å². The van der Waals surface area contributed by atoms with Crippen LogP contribution in [0.2, 0.25) is 0 Å². The number of fused-ring (bicyclic) bond motifs is 1. The number of furan rings is 1. The van der Waals surface area contributed by atoms with E-state index in [4.69, 9.17) is 9.15 Å². The molecule has 24 heavy (non-hydrogen) atoms. The van der Waals surface area contributed by atoms with E-state index in [0.717, 1.165) is 36.6 Å². The van der Waals surface area contributed by atoms with Crippen LogP contribution in [-0.2, 0) is 11.2 Å². The maximum absolute atomic E-state index is 12.8. The van der Waals surface area contributed by atoms with Gasteiger partial charge in [-0.2, -0.15) is 0 Å². The highest BCUT2D eigenvalue weighted by Crippen LogP contribution is 2.31. The van der Waals surface area contributed by atoms with Crippen molar-refractivity contribution in [3.8, 4) is 5.75 Å². The van der Waals surface area contributed by atoms with E-state index in [1.807, 2.05) is 54.1 Å². The molecule has 1 amide bonds. The second kappa shape index (κ2) is 7.09. The van der Waals surface area contributed by atoms with Crippen molar-refractivity contribution in [3.63, 3.8) is 0 Å². The number of aryl methyl sites for hydroxylation is 1. The van der Waals surface area contributed by atoms with Gasteiger partial charge in [0.1, 0.15) is 11.5 Å². The maximum Gasteiger partial charge on any atom is 0.241 e. The topological polar surface area (TPSA) is 45.9 Å². The average molecular weight is 328 g/mol. The highest BCUT2D eigenvalue weighted by atomic mass is 16.5. The van der Waals surface area contributed by atoms with Gasteiger partial charge >= 0.3 is 0 Å². The van der Waals surface area contributed by atoms with Crippen molar-refractivity contribution in [2.24, 2.45) is 0 Å². The summed E-state index contributed by atoms with van der Waals surface area (Å²) in [5.41, 5.74) is 2.18. The number of hydrogen-bond donors (Lipinski definition) is 0. The summed E-state index contributed by atoms with van der Waals surface area (Å²) in [4.78, 5) is 16.7. The lowest BCUT2D eigenvalue weighted by atomic mass is 10.0. The average Bonchev–Trinajstić information content (AvgIpc) is 3.14. The largest absolute Gasteiger partial charge is 0.497 e. The minimum atomic E-state index is 0.0593. The van der Waals surface area contributed by atoms with Crippen molar-refractivity contribution in [3.05, 3.63) is 47.9 Å². The second-order valence-electron chi connectivity index (χ2n) is 6.25. The molecule has 0 N–H and O–H groups in total. The fraction of sp³-hybridized carbons (Fsp3) is 0.421. The normalized spacial score (nSPS) is 15.2. The summed E-state index contributed by atoms with van der Waals surface area (Å²) in [5.74, 6) is 1.82. The molecule has 1 atom stereocenters. The molecular formula is C19H24N2O3. The van der Waals surface area contributed by atoms with Crippen LogP contribution in [0.5, 0.6) is 5.75 Å². The number of nitrogens with zero attached hydrogens (tertiary/aromatic N) is 2. The van der Waals surface area contributed by atoms with Crippen LogP contribution in [0, 0.1) is 0 Å². The van der Waals surface area contributed by atoms with E-state index < -0.39 is 0 Å². The molecule has 1 unspecified atom stereocenters. The summed E-state index contributed by atoms with van der Waals surface area (Å²) in [6.45, 7) is 3.16. The van der Waals surface area contributed by atoms with Crippen molar-refractivity contribution in [2.45, 2.75) is 25.8 Å². The molecule has 0 spiro atoms. The molecule has 1 aromatic heterocycles. The van der Waals surface area contributed by atoms with E-state index in [9.17, 15) is 4.79 Å². The van der Waals surface area contributed by atoms with Gasteiger partial charge in [-0.25, -0.2) is 0 Å². The molecule has 0 saturated heterocycles. The van der Waals surface area contributed by atoms with Crippen LogP contribution < -0.4 is 9.64 Å². The summed E-state index contributed by atoms with van der Waals surface area (Å²) in [5, 5.41) is 0. The number of carbonyl (C=O) groups excluding carboxylic acids is 1. The van der Waals surface area contributed by atoms with E-state index in [0.29, 0.717) is 6.54 Å². The third-order valence-electron chi connectivity index (χ3n) is 4.71. The zero-order valence-electron chi connectivity index (χ0n) is 14.5. The fourth-order valence-electron chi connectivity index (χ4n) is 3.14. The van der Waals surface area contributed by atoms with Crippen LogP contribution in [0.4, 0.5) is 5.69 Å². The van der Waals surface area contributed by atoms with Crippen molar-refractivity contribution in [1.29, 1.82) is 0 Å². The van der Waals surface area contributed by atoms with Gasteiger partial charge in [0.25, 0.3) is 0 Å². The molecule has 2 heterocycles. The Morgan fingerprint density at radius 2 is 2.25 bits per heavy atom. The van der Waals surface area contributed by atoms with Gasteiger partial charge in [0, 0.05) is 12.2 Å². The lowest BCUT2D eigenvalue weighted by Crippen LogP contribution is -2.42. The lowest BCUT2D eigenvalue weighted by Gasteiger charge is -2.32. The molecular weight excluding hydrogens is 304 g/mol. The number of likely N-dealkylation sites (N-methyl/N-ethyl adjacent to an activating group) is 1. The van der Waals surface area contributed by atoms with Crippen LogP contribution in [-0.4, -0.2) is 38.1 Å². The Morgan fingerprint density at radius 1 is 1.42 bits per heavy atom. The molecule has 2 aromatic rings. The molecule has 5 nitrogen and oxygen atoms in total. The Balaban J connectivity index is 1.72. The molecule has 3 rings (SSSR count). The van der Waals surface area contributed by atoms with E-state index in [-0.39, 0.29) is 11.9 Å². The number of methoxy groups -OCH3 is 1. The molecule has 0 bridgehead atoms. The van der Waals surface area contributed by atoms with Gasteiger partial charge in [-0.15, -0.1) is 0 Å². The molecule has 0 fully saturated rings. The zero-order valence-corrected chi connectivity index (χ0v) is 14.5. The van der Waals surface area contributed by atoms with Crippen molar-refractivity contribution >= 4 is 11.6 Å².